The predicted octanol–water partition coefficient (Wildman–Crippen LogP) is 3.90. The summed E-state index contributed by atoms with van der Waals surface area (Å²) in [5.41, 5.74) is 10.7. The van der Waals surface area contributed by atoms with Crippen molar-refractivity contribution in [2.45, 2.75) is 20.3 Å². The molecule has 2 aromatic rings. The molecule has 0 unspecified atom stereocenters. The minimum absolute atomic E-state index is 0. The Morgan fingerprint density at radius 3 is 2.26 bits per heavy atom. The maximum Gasteiger partial charge on any atom is 0.193 e. The molecule has 23 heavy (non-hydrogen) atoms. The maximum absolute atomic E-state index is 5.91. The molecular formula is C18H24IN3O. The van der Waals surface area contributed by atoms with Gasteiger partial charge < -0.3 is 15.8 Å². The van der Waals surface area contributed by atoms with Crippen LogP contribution in [0.15, 0.2) is 47.5 Å². The Labute approximate surface area is 155 Å². The third-order valence-corrected chi connectivity index (χ3v) is 3.33. The van der Waals surface area contributed by atoms with Gasteiger partial charge in [0.05, 0.1) is 7.11 Å². The topological polar surface area (TPSA) is 59.6 Å². The summed E-state index contributed by atoms with van der Waals surface area (Å²) < 4.78 is 5.12. The summed E-state index contributed by atoms with van der Waals surface area (Å²) in [6, 6.07) is 14.1. The molecule has 2 rings (SSSR count). The molecule has 0 aliphatic rings. The molecule has 0 radical (unpaired) electrons. The highest BCUT2D eigenvalue weighted by molar-refractivity contribution is 14.0. The molecule has 4 nitrogen and oxygen atoms in total. The number of aryl methyl sites for hydroxylation is 2. The van der Waals surface area contributed by atoms with Crippen molar-refractivity contribution in [3.8, 4) is 5.75 Å². The molecule has 5 heteroatoms. The molecule has 3 N–H and O–H groups in total. The zero-order chi connectivity index (χ0) is 15.9. The number of anilines is 1. The summed E-state index contributed by atoms with van der Waals surface area (Å²) >= 11 is 0. The molecule has 0 amide bonds. The molecular weight excluding hydrogens is 401 g/mol. The molecule has 0 aromatic heterocycles. The number of nitrogens with zero attached hydrogens (tertiary/aromatic N) is 1. The number of methoxy groups -OCH3 is 1. The van der Waals surface area contributed by atoms with Gasteiger partial charge in [-0.1, -0.05) is 29.3 Å². The van der Waals surface area contributed by atoms with E-state index in [9.17, 15) is 0 Å². The number of halogens is 1. The first kappa shape index (κ1) is 19.3. The van der Waals surface area contributed by atoms with Gasteiger partial charge in [-0.15, -0.1) is 24.0 Å². The van der Waals surface area contributed by atoms with Crippen molar-refractivity contribution in [1.82, 2.24) is 0 Å². The second-order valence-corrected chi connectivity index (χ2v) is 5.37. The molecule has 0 bridgehead atoms. The Morgan fingerprint density at radius 1 is 1.09 bits per heavy atom. The second kappa shape index (κ2) is 9.39. The fourth-order valence-corrected chi connectivity index (χ4v) is 2.38. The monoisotopic (exact) mass is 425 g/mol. The van der Waals surface area contributed by atoms with E-state index < -0.39 is 0 Å². The lowest BCUT2D eigenvalue weighted by molar-refractivity contribution is 0.415. The van der Waals surface area contributed by atoms with Crippen molar-refractivity contribution in [3.05, 3.63) is 59.2 Å². The molecule has 0 aliphatic carbocycles. The summed E-state index contributed by atoms with van der Waals surface area (Å²) in [5, 5.41) is 3.07. The average molecular weight is 425 g/mol. The van der Waals surface area contributed by atoms with E-state index in [4.69, 9.17) is 10.5 Å². The molecule has 0 spiro atoms. The van der Waals surface area contributed by atoms with Crippen LogP contribution in [0.2, 0.25) is 0 Å². The maximum atomic E-state index is 5.91. The number of guanidine groups is 1. The number of aliphatic imine (C=N–C) groups is 1. The lowest BCUT2D eigenvalue weighted by Gasteiger charge is -2.07. The minimum atomic E-state index is 0. The highest BCUT2D eigenvalue weighted by Gasteiger charge is 1.98. The number of ether oxygens (including phenoxy) is 1. The van der Waals surface area contributed by atoms with Crippen molar-refractivity contribution < 1.29 is 4.74 Å². The Balaban J connectivity index is 0.00000264. The van der Waals surface area contributed by atoms with Gasteiger partial charge in [0.25, 0.3) is 0 Å². The van der Waals surface area contributed by atoms with Crippen LogP contribution in [0, 0.1) is 13.8 Å². The van der Waals surface area contributed by atoms with Gasteiger partial charge in [0.15, 0.2) is 5.96 Å². The number of benzene rings is 2. The summed E-state index contributed by atoms with van der Waals surface area (Å²) in [5.74, 6) is 1.24. The number of rotatable bonds is 5. The van der Waals surface area contributed by atoms with Crippen molar-refractivity contribution in [2.24, 2.45) is 10.7 Å². The van der Waals surface area contributed by atoms with Gasteiger partial charge in [0.1, 0.15) is 5.75 Å². The van der Waals surface area contributed by atoms with Gasteiger partial charge >= 0.3 is 0 Å². The van der Waals surface area contributed by atoms with Gasteiger partial charge in [-0.25, -0.2) is 0 Å². The van der Waals surface area contributed by atoms with Crippen molar-refractivity contribution in [1.29, 1.82) is 0 Å². The lowest BCUT2D eigenvalue weighted by atomic mass is 10.1. The van der Waals surface area contributed by atoms with E-state index in [0.29, 0.717) is 12.5 Å². The first-order valence-electron chi connectivity index (χ1n) is 7.35. The first-order valence-corrected chi connectivity index (χ1v) is 7.35. The first-order chi connectivity index (χ1) is 10.6. The van der Waals surface area contributed by atoms with E-state index in [2.05, 4.69) is 42.4 Å². The number of hydrogen-bond donors (Lipinski definition) is 2. The van der Waals surface area contributed by atoms with Crippen LogP contribution in [0.4, 0.5) is 5.69 Å². The summed E-state index contributed by atoms with van der Waals surface area (Å²) in [6.07, 6.45) is 0.882. The van der Waals surface area contributed by atoms with Gasteiger partial charge in [-0.05, 0) is 50.1 Å². The fraction of sp³-hybridized carbons (Fsp3) is 0.278. The van der Waals surface area contributed by atoms with E-state index >= 15 is 0 Å². The normalized spacial score (nSPS) is 10.8. The zero-order valence-electron chi connectivity index (χ0n) is 13.8. The van der Waals surface area contributed by atoms with Crippen LogP contribution in [-0.2, 0) is 6.42 Å². The van der Waals surface area contributed by atoms with Gasteiger partial charge in [-0.2, -0.15) is 0 Å². The van der Waals surface area contributed by atoms with Crippen LogP contribution in [0.1, 0.15) is 16.7 Å². The average Bonchev–Trinajstić information content (AvgIpc) is 2.47. The number of nitrogens with two attached hydrogens (primary N) is 1. The van der Waals surface area contributed by atoms with Gasteiger partial charge in [0.2, 0.25) is 0 Å². The molecule has 0 saturated carbocycles. The van der Waals surface area contributed by atoms with E-state index in [-0.39, 0.29) is 24.0 Å². The Morgan fingerprint density at radius 2 is 1.70 bits per heavy atom. The van der Waals surface area contributed by atoms with Crippen LogP contribution >= 0.6 is 24.0 Å². The molecule has 0 heterocycles. The molecule has 2 aromatic carbocycles. The van der Waals surface area contributed by atoms with Crippen molar-refractivity contribution in [3.63, 3.8) is 0 Å². The molecule has 0 saturated heterocycles. The van der Waals surface area contributed by atoms with E-state index in [1.165, 1.54) is 16.7 Å². The third-order valence-electron chi connectivity index (χ3n) is 3.33. The fourth-order valence-electron chi connectivity index (χ4n) is 2.38. The lowest BCUT2D eigenvalue weighted by Crippen LogP contribution is -2.23. The van der Waals surface area contributed by atoms with Crippen LogP contribution in [0.25, 0.3) is 0 Å². The van der Waals surface area contributed by atoms with Gasteiger partial charge in [-0.3, -0.25) is 4.99 Å². The van der Waals surface area contributed by atoms with Crippen LogP contribution in [0.5, 0.6) is 5.75 Å². The quantitative estimate of drug-likeness (QED) is 0.434. The highest BCUT2D eigenvalue weighted by atomic mass is 127. The smallest absolute Gasteiger partial charge is 0.193 e. The molecule has 0 aliphatic heterocycles. The third kappa shape index (κ3) is 6.48. The highest BCUT2D eigenvalue weighted by Crippen LogP contribution is 2.14. The van der Waals surface area contributed by atoms with Gasteiger partial charge in [0, 0.05) is 12.2 Å². The SMILES string of the molecule is COc1ccc(NC(N)=NCCc2cc(C)cc(C)c2)cc1.I. The number of hydrogen-bond acceptors (Lipinski definition) is 2. The van der Waals surface area contributed by atoms with E-state index in [1.54, 1.807) is 7.11 Å². The summed E-state index contributed by atoms with van der Waals surface area (Å²) in [6.45, 7) is 4.89. The van der Waals surface area contributed by atoms with E-state index in [0.717, 1.165) is 17.9 Å². The van der Waals surface area contributed by atoms with Crippen LogP contribution < -0.4 is 15.8 Å². The minimum Gasteiger partial charge on any atom is -0.497 e. The zero-order valence-corrected chi connectivity index (χ0v) is 16.1. The standard InChI is InChI=1S/C18H23N3O.HI/c1-13-10-14(2)12-15(11-13)8-9-20-18(19)21-16-4-6-17(22-3)7-5-16;/h4-7,10-12H,8-9H2,1-3H3,(H3,19,20,21);1H. The second-order valence-electron chi connectivity index (χ2n) is 5.37. The largest absolute Gasteiger partial charge is 0.497 e. The Bertz CT molecular complexity index is 634. The Kier molecular flexibility index (Phi) is 7.88. The van der Waals surface area contributed by atoms with Crippen LogP contribution in [0.3, 0.4) is 0 Å². The number of nitrogens with one attached hydrogen (secondary N) is 1. The van der Waals surface area contributed by atoms with Crippen molar-refractivity contribution in [2.75, 3.05) is 19.0 Å². The van der Waals surface area contributed by atoms with Crippen molar-refractivity contribution >= 4 is 35.6 Å². The molecule has 124 valence electrons. The van der Waals surface area contributed by atoms with E-state index in [1.807, 2.05) is 24.3 Å². The Hall–Kier alpha value is -1.76. The van der Waals surface area contributed by atoms with Crippen LogP contribution in [-0.4, -0.2) is 19.6 Å². The summed E-state index contributed by atoms with van der Waals surface area (Å²) in [7, 11) is 1.64. The summed E-state index contributed by atoms with van der Waals surface area (Å²) in [4.78, 5) is 4.37. The predicted molar refractivity (Wildman–Crippen MR) is 108 cm³/mol. The molecule has 0 atom stereocenters. The molecule has 0 fully saturated rings.